The third-order valence-corrected chi connectivity index (χ3v) is 4.03. The predicted octanol–water partition coefficient (Wildman–Crippen LogP) is -1.10. The molecule has 0 aliphatic carbocycles. The van der Waals surface area contributed by atoms with Crippen molar-refractivity contribution in [2.24, 2.45) is 0 Å². The lowest BCUT2D eigenvalue weighted by molar-refractivity contribution is -0.0490. The first-order valence-corrected chi connectivity index (χ1v) is 7.57. The molecule has 2 heterocycles. The van der Waals surface area contributed by atoms with Crippen LogP contribution >= 0.6 is 7.82 Å². The standard InChI is InChI=1S/C10H14FN2O8P/c1-19-22(17,18)21-8-5(4-14)20-9(7(8)11)13-3-2-6(15)12-10(13)16/h2-3,5,7-9,14H,4H2,1H3,(H,17,18)(H,12,15,16)/t5-,7-,8-,9-/m1/s1. The Labute approximate surface area is 122 Å². The number of ether oxygens (including phenoxy) is 1. The molecule has 1 fully saturated rings. The Kier molecular flexibility index (Phi) is 4.95. The fraction of sp³-hybridized carbons (Fsp3) is 0.600. The number of aliphatic hydroxyl groups is 1. The number of aromatic nitrogens is 2. The average molecular weight is 340 g/mol. The number of phosphoric ester groups is 1. The van der Waals surface area contributed by atoms with E-state index >= 15 is 0 Å². The molecule has 1 aromatic heterocycles. The summed E-state index contributed by atoms with van der Waals surface area (Å²) in [6.07, 6.45) is -5.52. The van der Waals surface area contributed by atoms with Gasteiger partial charge in [-0.1, -0.05) is 0 Å². The van der Waals surface area contributed by atoms with Crippen LogP contribution in [0, 0.1) is 0 Å². The zero-order valence-corrected chi connectivity index (χ0v) is 12.2. The highest BCUT2D eigenvalue weighted by Crippen LogP contribution is 2.48. The van der Waals surface area contributed by atoms with Gasteiger partial charge < -0.3 is 14.7 Å². The second-order valence-corrected chi connectivity index (χ2v) is 5.94. The summed E-state index contributed by atoms with van der Waals surface area (Å²) < 4.78 is 40.5. The average Bonchev–Trinajstić information content (AvgIpc) is 2.76. The highest BCUT2D eigenvalue weighted by atomic mass is 31.2. The van der Waals surface area contributed by atoms with Crippen molar-refractivity contribution in [3.63, 3.8) is 0 Å². The van der Waals surface area contributed by atoms with Crippen LogP contribution in [0.15, 0.2) is 21.9 Å². The van der Waals surface area contributed by atoms with E-state index in [2.05, 4.69) is 9.05 Å². The van der Waals surface area contributed by atoms with Crippen molar-refractivity contribution >= 4 is 7.82 Å². The van der Waals surface area contributed by atoms with Crippen LogP contribution in [-0.2, 0) is 18.3 Å². The first kappa shape index (κ1) is 17.0. The first-order valence-electron chi connectivity index (χ1n) is 6.08. The number of nitrogens with zero attached hydrogens (tertiary/aromatic N) is 1. The molecule has 0 saturated carbocycles. The Morgan fingerprint density at radius 2 is 2.23 bits per heavy atom. The molecule has 2 rings (SSSR count). The molecule has 0 spiro atoms. The lowest BCUT2D eigenvalue weighted by Crippen LogP contribution is -2.36. The summed E-state index contributed by atoms with van der Waals surface area (Å²) >= 11 is 0. The number of phosphoric acid groups is 1. The minimum Gasteiger partial charge on any atom is -0.394 e. The molecule has 3 N–H and O–H groups in total. The summed E-state index contributed by atoms with van der Waals surface area (Å²) in [6, 6.07) is 0.978. The maximum Gasteiger partial charge on any atom is 0.472 e. The van der Waals surface area contributed by atoms with Gasteiger partial charge in [-0.2, -0.15) is 0 Å². The van der Waals surface area contributed by atoms with Gasteiger partial charge in [0.25, 0.3) is 5.56 Å². The van der Waals surface area contributed by atoms with Gasteiger partial charge in [-0.25, -0.2) is 13.8 Å². The van der Waals surface area contributed by atoms with Crippen LogP contribution in [0.4, 0.5) is 4.39 Å². The van der Waals surface area contributed by atoms with Gasteiger partial charge in [-0.05, 0) is 0 Å². The maximum absolute atomic E-state index is 14.4. The first-order chi connectivity index (χ1) is 10.3. The number of H-pyrrole nitrogens is 1. The predicted molar refractivity (Wildman–Crippen MR) is 68.9 cm³/mol. The van der Waals surface area contributed by atoms with Crippen LogP contribution in [0.25, 0.3) is 0 Å². The second-order valence-electron chi connectivity index (χ2n) is 4.43. The van der Waals surface area contributed by atoms with E-state index in [4.69, 9.17) is 4.74 Å². The molecule has 0 amide bonds. The van der Waals surface area contributed by atoms with E-state index in [0.717, 1.165) is 23.9 Å². The lowest BCUT2D eigenvalue weighted by atomic mass is 10.1. The summed E-state index contributed by atoms with van der Waals surface area (Å²) in [7, 11) is -3.63. The molecule has 124 valence electrons. The van der Waals surface area contributed by atoms with Crippen molar-refractivity contribution in [3.05, 3.63) is 33.1 Å². The second kappa shape index (κ2) is 6.41. The van der Waals surface area contributed by atoms with E-state index in [1.807, 2.05) is 4.98 Å². The largest absolute Gasteiger partial charge is 0.472 e. The quantitative estimate of drug-likeness (QED) is 0.574. The number of aliphatic hydroxyl groups excluding tert-OH is 1. The number of aromatic amines is 1. The van der Waals surface area contributed by atoms with Crippen LogP contribution in [-0.4, -0.2) is 51.6 Å². The van der Waals surface area contributed by atoms with Crippen molar-refractivity contribution in [1.82, 2.24) is 9.55 Å². The Morgan fingerprint density at radius 1 is 1.55 bits per heavy atom. The van der Waals surface area contributed by atoms with Crippen LogP contribution < -0.4 is 11.2 Å². The van der Waals surface area contributed by atoms with Gasteiger partial charge in [-0.3, -0.25) is 23.4 Å². The smallest absolute Gasteiger partial charge is 0.394 e. The summed E-state index contributed by atoms with van der Waals surface area (Å²) in [4.78, 5) is 33.8. The Morgan fingerprint density at radius 3 is 2.77 bits per heavy atom. The minimum atomic E-state index is -4.52. The van der Waals surface area contributed by atoms with Gasteiger partial charge in [0.1, 0.15) is 12.2 Å². The Balaban J connectivity index is 2.31. The molecule has 0 radical (unpaired) electrons. The molecule has 0 bridgehead atoms. The number of alkyl halides is 1. The molecule has 5 atom stereocenters. The van der Waals surface area contributed by atoms with Gasteiger partial charge in [0, 0.05) is 19.4 Å². The summed E-state index contributed by atoms with van der Waals surface area (Å²) in [5.41, 5.74) is -1.61. The fourth-order valence-corrected chi connectivity index (χ4v) is 2.66. The van der Waals surface area contributed by atoms with E-state index < -0.39 is 50.3 Å². The Hall–Kier alpha value is -1.36. The van der Waals surface area contributed by atoms with E-state index in [-0.39, 0.29) is 0 Å². The third-order valence-electron chi connectivity index (χ3n) is 3.06. The minimum absolute atomic E-state index is 0.680. The molecule has 1 aliphatic rings. The zero-order valence-electron chi connectivity index (χ0n) is 11.3. The number of rotatable bonds is 5. The van der Waals surface area contributed by atoms with Crippen LogP contribution in [0.5, 0.6) is 0 Å². The van der Waals surface area contributed by atoms with Crippen LogP contribution in [0.3, 0.4) is 0 Å². The SMILES string of the molecule is COP(=O)(O)O[C@H]1[C@@H](F)[C@H](n2ccc(=O)[nH]c2=O)O[C@@H]1CO. The zero-order chi connectivity index (χ0) is 16.5. The number of halogens is 1. The Bertz CT molecular complexity index is 690. The number of hydrogen-bond acceptors (Lipinski definition) is 7. The number of hydrogen-bond donors (Lipinski definition) is 3. The van der Waals surface area contributed by atoms with Crippen molar-refractivity contribution in [2.75, 3.05) is 13.7 Å². The van der Waals surface area contributed by atoms with Gasteiger partial charge in [0.05, 0.1) is 6.61 Å². The molecule has 1 aromatic rings. The van der Waals surface area contributed by atoms with Crippen LogP contribution in [0.1, 0.15) is 6.23 Å². The number of nitrogens with one attached hydrogen (secondary N) is 1. The summed E-state index contributed by atoms with van der Waals surface area (Å²) in [5.74, 6) is 0. The molecule has 1 saturated heterocycles. The van der Waals surface area contributed by atoms with Crippen molar-refractivity contribution in [3.8, 4) is 0 Å². The van der Waals surface area contributed by atoms with Crippen molar-refractivity contribution < 1.29 is 32.7 Å². The van der Waals surface area contributed by atoms with E-state index in [1.54, 1.807) is 0 Å². The maximum atomic E-state index is 14.4. The lowest BCUT2D eigenvalue weighted by Gasteiger charge is -2.20. The van der Waals surface area contributed by atoms with Crippen molar-refractivity contribution in [2.45, 2.75) is 24.6 Å². The molecular formula is C10H14FN2O8P. The van der Waals surface area contributed by atoms with E-state index in [0.29, 0.717) is 0 Å². The van der Waals surface area contributed by atoms with E-state index in [1.165, 1.54) is 0 Å². The normalized spacial score (nSPS) is 31.1. The topological polar surface area (TPSA) is 140 Å². The monoisotopic (exact) mass is 340 g/mol. The summed E-state index contributed by atoms with van der Waals surface area (Å²) in [5, 5.41) is 9.17. The highest BCUT2D eigenvalue weighted by Gasteiger charge is 2.50. The molecule has 10 nitrogen and oxygen atoms in total. The molecule has 0 aromatic carbocycles. The van der Waals surface area contributed by atoms with Gasteiger partial charge >= 0.3 is 13.5 Å². The third kappa shape index (κ3) is 3.35. The van der Waals surface area contributed by atoms with Gasteiger partial charge in [0.15, 0.2) is 12.4 Å². The summed E-state index contributed by atoms with van der Waals surface area (Å²) in [6.45, 7) is -0.719. The fourth-order valence-electron chi connectivity index (χ4n) is 2.02. The molecule has 12 heteroatoms. The molecule has 1 unspecified atom stereocenters. The molecule has 1 aliphatic heterocycles. The van der Waals surface area contributed by atoms with Gasteiger partial charge in [-0.15, -0.1) is 0 Å². The molecule has 22 heavy (non-hydrogen) atoms. The van der Waals surface area contributed by atoms with Gasteiger partial charge in [0.2, 0.25) is 0 Å². The van der Waals surface area contributed by atoms with Crippen LogP contribution in [0.2, 0.25) is 0 Å². The van der Waals surface area contributed by atoms with Crippen molar-refractivity contribution in [1.29, 1.82) is 0 Å². The van der Waals surface area contributed by atoms with E-state index in [9.17, 15) is 28.5 Å². The molecular weight excluding hydrogens is 326 g/mol. The highest BCUT2D eigenvalue weighted by molar-refractivity contribution is 7.47.